The number of rotatable bonds is 8. The first-order chi connectivity index (χ1) is 13.1. The van der Waals surface area contributed by atoms with Crippen LogP contribution < -0.4 is 4.74 Å². The van der Waals surface area contributed by atoms with Crippen LogP contribution in [0.2, 0.25) is 0 Å². The number of carbonyl (C=O) groups is 2. The van der Waals surface area contributed by atoms with Crippen LogP contribution in [0.1, 0.15) is 23.2 Å². The van der Waals surface area contributed by atoms with E-state index in [-0.39, 0.29) is 31.5 Å². The number of fused-ring (bicyclic) bond motifs is 1. The van der Waals surface area contributed by atoms with Gasteiger partial charge < -0.3 is 14.4 Å². The molecule has 2 aromatic carbocycles. The standard InChI is InChI=1S/C20H19N3O4/c1-26-18-13-16-7-3-2-6-15(16)12-17(18)20(25)27-14-19(24)23(10-4-8-21)11-5-9-22/h2-3,6-7,12-13H,4-5,10-11,14H2,1H3. The van der Waals surface area contributed by atoms with Crippen molar-refractivity contribution in [3.8, 4) is 17.9 Å². The van der Waals surface area contributed by atoms with Gasteiger partial charge in [0.05, 0.1) is 32.1 Å². The minimum absolute atomic E-state index is 0.142. The summed E-state index contributed by atoms with van der Waals surface area (Å²) in [5, 5.41) is 19.1. The predicted octanol–water partition coefficient (Wildman–Crippen LogP) is 2.66. The number of nitriles is 2. The van der Waals surface area contributed by atoms with Gasteiger partial charge in [-0.2, -0.15) is 10.5 Å². The fourth-order valence-corrected chi connectivity index (χ4v) is 2.58. The number of esters is 1. The molecule has 0 heterocycles. The van der Waals surface area contributed by atoms with Gasteiger partial charge in [-0.15, -0.1) is 0 Å². The minimum Gasteiger partial charge on any atom is -0.496 e. The SMILES string of the molecule is COc1cc2ccccc2cc1C(=O)OCC(=O)N(CCC#N)CCC#N. The molecule has 0 aliphatic heterocycles. The van der Waals surface area contributed by atoms with Crippen molar-refractivity contribution < 1.29 is 19.1 Å². The molecule has 0 aliphatic carbocycles. The molecular weight excluding hydrogens is 346 g/mol. The number of nitrogens with zero attached hydrogens (tertiary/aromatic N) is 3. The second-order valence-electron chi connectivity index (χ2n) is 5.67. The van der Waals surface area contributed by atoms with Gasteiger partial charge in [-0.3, -0.25) is 4.79 Å². The van der Waals surface area contributed by atoms with E-state index in [2.05, 4.69) is 0 Å². The van der Waals surface area contributed by atoms with Crippen LogP contribution in [0.15, 0.2) is 36.4 Å². The first-order valence-electron chi connectivity index (χ1n) is 8.36. The van der Waals surface area contributed by atoms with Gasteiger partial charge in [0, 0.05) is 13.1 Å². The number of hydrogen-bond acceptors (Lipinski definition) is 6. The van der Waals surface area contributed by atoms with E-state index in [4.69, 9.17) is 20.0 Å². The zero-order valence-electron chi connectivity index (χ0n) is 15.0. The van der Waals surface area contributed by atoms with E-state index in [0.29, 0.717) is 5.75 Å². The summed E-state index contributed by atoms with van der Waals surface area (Å²) in [4.78, 5) is 26.0. The van der Waals surface area contributed by atoms with E-state index < -0.39 is 18.5 Å². The molecule has 0 aromatic heterocycles. The van der Waals surface area contributed by atoms with Gasteiger partial charge in [0.15, 0.2) is 6.61 Å². The Hall–Kier alpha value is -3.58. The zero-order valence-corrected chi connectivity index (χ0v) is 15.0. The number of amides is 1. The Balaban J connectivity index is 2.10. The summed E-state index contributed by atoms with van der Waals surface area (Å²) in [5.74, 6) is -0.767. The van der Waals surface area contributed by atoms with Gasteiger partial charge in [0.25, 0.3) is 5.91 Å². The highest BCUT2D eigenvalue weighted by molar-refractivity contribution is 5.99. The molecule has 7 nitrogen and oxygen atoms in total. The number of hydrogen-bond donors (Lipinski definition) is 0. The van der Waals surface area contributed by atoms with Crippen LogP contribution in [0.3, 0.4) is 0 Å². The molecule has 7 heteroatoms. The zero-order chi connectivity index (χ0) is 19.6. The summed E-state index contributed by atoms with van der Waals surface area (Å²) >= 11 is 0. The average Bonchev–Trinajstić information content (AvgIpc) is 2.70. The second kappa shape index (κ2) is 9.79. The van der Waals surface area contributed by atoms with Crippen molar-refractivity contribution >= 4 is 22.6 Å². The lowest BCUT2D eigenvalue weighted by Gasteiger charge is -2.20. The first-order valence-corrected chi connectivity index (χ1v) is 8.36. The smallest absolute Gasteiger partial charge is 0.342 e. The molecule has 2 aromatic rings. The third-order valence-electron chi connectivity index (χ3n) is 3.95. The third-order valence-corrected chi connectivity index (χ3v) is 3.95. The van der Waals surface area contributed by atoms with Gasteiger partial charge in [-0.1, -0.05) is 24.3 Å². The Labute approximate surface area is 157 Å². The molecule has 1 amide bonds. The molecule has 0 fully saturated rings. The lowest BCUT2D eigenvalue weighted by atomic mass is 10.1. The monoisotopic (exact) mass is 365 g/mol. The van der Waals surface area contributed by atoms with Crippen molar-refractivity contribution in [2.24, 2.45) is 0 Å². The van der Waals surface area contributed by atoms with Gasteiger partial charge in [-0.25, -0.2) is 4.79 Å². The minimum atomic E-state index is -0.675. The van der Waals surface area contributed by atoms with Crippen molar-refractivity contribution in [3.63, 3.8) is 0 Å². The van der Waals surface area contributed by atoms with Gasteiger partial charge in [0.1, 0.15) is 11.3 Å². The second-order valence-corrected chi connectivity index (χ2v) is 5.67. The van der Waals surface area contributed by atoms with Crippen LogP contribution in [0.5, 0.6) is 5.75 Å². The highest BCUT2D eigenvalue weighted by atomic mass is 16.5. The largest absolute Gasteiger partial charge is 0.496 e. The molecule has 0 aliphatic rings. The topological polar surface area (TPSA) is 103 Å². The lowest BCUT2D eigenvalue weighted by molar-refractivity contribution is -0.134. The van der Waals surface area contributed by atoms with E-state index in [1.807, 2.05) is 36.4 Å². The van der Waals surface area contributed by atoms with Crippen molar-refractivity contribution in [2.45, 2.75) is 12.8 Å². The van der Waals surface area contributed by atoms with Crippen molar-refractivity contribution in [3.05, 3.63) is 42.0 Å². The molecule has 2 rings (SSSR count). The summed E-state index contributed by atoms with van der Waals surface area (Å²) < 4.78 is 10.4. The Morgan fingerprint density at radius 3 is 2.19 bits per heavy atom. The summed E-state index contributed by atoms with van der Waals surface area (Å²) in [5.41, 5.74) is 0.226. The number of methoxy groups -OCH3 is 1. The number of carbonyl (C=O) groups excluding carboxylic acids is 2. The molecular formula is C20H19N3O4. The Kier molecular flexibility index (Phi) is 7.16. The van der Waals surface area contributed by atoms with Gasteiger partial charge in [-0.05, 0) is 22.9 Å². The summed E-state index contributed by atoms with van der Waals surface area (Å²) in [6.07, 6.45) is 0.285. The number of ether oxygens (including phenoxy) is 2. The van der Waals surface area contributed by atoms with E-state index >= 15 is 0 Å². The van der Waals surface area contributed by atoms with Crippen molar-refractivity contribution in [1.82, 2.24) is 4.90 Å². The van der Waals surface area contributed by atoms with Crippen LogP contribution >= 0.6 is 0 Å². The molecule has 0 bridgehead atoms. The maximum atomic E-state index is 12.4. The van der Waals surface area contributed by atoms with Crippen LogP contribution in [0.4, 0.5) is 0 Å². The molecule has 0 spiro atoms. The number of benzene rings is 2. The summed E-state index contributed by atoms with van der Waals surface area (Å²) in [7, 11) is 1.46. The maximum Gasteiger partial charge on any atom is 0.342 e. The molecule has 0 radical (unpaired) electrons. The van der Waals surface area contributed by atoms with E-state index in [0.717, 1.165) is 10.8 Å². The highest BCUT2D eigenvalue weighted by Crippen LogP contribution is 2.26. The van der Waals surface area contributed by atoms with Crippen LogP contribution in [0.25, 0.3) is 10.8 Å². The van der Waals surface area contributed by atoms with E-state index in [1.54, 1.807) is 12.1 Å². The maximum absolute atomic E-state index is 12.4. The van der Waals surface area contributed by atoms with E-state index in [9.17, 15) is 9.59 Å². The molecule has 0 saturated carbocycles. The van der Waals surface area contributed by atoms with Crippen LogP contribution in [-0.4, -0.2) is 43.6 Å². The van der Waals surface area contributed by atoms with Gasteiger partial charge in [0.2, 0.25) is 0 Å². The molecule has 0 atom stereocenters. The molecule has 138 valence electrons. The average molecular weight is 365 g/mol. The van der Waals surface area contributed by atoms with E-state index in [1.165, 1.54) is 12.0 Å². The summed E-state index contributed by atoms with van der Waals surface area (Å²) in [6.45, 7) is -0.0899. The normalized spacial score (nSPS) is 9.89. The van der Waals surface area contributed by atoms with Crippen molar-refractivity contribution in [1.29, 1.82) is 10.5 Å². The Morgan fingerprint density at radius 1 is 1.04 bits per heavy atom. The fraction of sp³-hybridized carbons (Fsp3) is 0.300. The lowest BCUT2D eigenvalue weighted by Crippen LogP contribution is -2.36. The molecule has 0 unspecified atom stereocenters. The highest BCUT2D eigenvalue weighted by Gasteiger charge is 2.19. The van der Waals surface area contributed by atoms with Crippen molar-refractivity contribution in [2.75, 3.05) is 26.8 Å². The molecule has 27 heavy (non-hydrogen) atoms. The quantitative estimate of drug-likeness (QED) is 0.666. The van der Waals surface area contributed by atoms with Crippen LogP contribution in [0, 0.1) is 22.7 Å². The fourth-order valence-electron chi connectivity index (χ4n) is 2.58. The third kappa shape index (κ3) is 5.20. The summed E-state index contributed by atoms with van der Waals surface area (Å²) in [6, 6.07) is 14.8. The van der Waals surface area contributed by atoms with Crippen LogP contribution in [-0.2, 0) is 9.53 Å². The van der Waals surface area contributed by atoms with Gasteiger partial charge >= 0.3 is 5.97 Å². The molecule has 0 saturated heterocycles. The Morgan fingerprint density at radius 2 is 1.63 bits per heavy atom. The first kappa shape index (κ1) is 19.7. The Bertz CT molecular complexity index is 894. The predicted molar refractivity (Wildman–Crippen MR) is 97.8 cm³/mol. The molecule has 0 N–H and O–H groups in total.